The van der Waals surface area contributed by atoms with Crippen LogP contribution in [-0.4, -0.2) is 26.5 Å². The normalized spacial score (nSPS) is 10.7. The summed E-state index contributed by atoms with van der Waals surface area (Å²) in [4.78, 5) is 11.1. The highest BCUT2D eigenvalue weighted by atomic mass is 16.5. The molecule has 0 aliphatic carbocycles. The molecule has 0 amide bonds. The molecular weight excluding hydrogens is 318 g/mol. The molecule has 3 aromatic carbocycles. The second-order valence-corrected chi connectivity index (χ2v) is 5.49. The summed E-state index contributed by atoms with van der Waals surface area (Å²) < 4.78 is 5.60. The number of aromatic carboxylic acids is 1. The number of carboxylic acids is 1. The van der Waals surface area contributed by atoms with Gasteiger partial charge in [0.2, 0.25) is 5.69 Å². The van der Waals surface area contributed by atoms with Crippen LogP contribution in [0.5, 0.6) is 11.6 Å². The molecule has 1 aromatic heterocycles. The zero-order valence-electron chi connectivity index (χ0n) is 13.0. The maximum Gasteiger partial charge on any atom is 0.362 e. The molecule has 6 heteroatoms. The number of aromatic amines is 1. The van der Waals surface area contributed by atoms with Gasteiger partial charge in [0.15, 0.2) is 0 Å². The first-order valence-electron chi connectivity index (χ1n) is 7.62. The third kappa shape index (κ3) is 2.92. The minimum atomic E-state index is -1.20. The molecule has 0 radical (unpaired) electrons. The monoisotopic (exact) mass is 331 g/mol. The minimum Gasteiger partial charge on any atom is -0.476 e. The van der Waals surface area contributed by atoms with Crippen molar-refractivity contribution in [1.29, 1.82) is 0 Å². The van der Waals surface area contributed by atoms with E-state index in [1.54, 1.807) is 6.07 Å². The number of nitrogens with one attached hydrogen (secondary N) is 1. The van der Waals surface area contributed by atoms with E-state index >= 15 is 0 Å². The largest absolute Gasteiger partial charge is 0.476 e. The molecule has 0 saturated carbocycles. The molecule has 0 unspecified atom stereocenters. The first-order chi connectivity index (χ1) is 12.2. The summed E-state index contributed by atoms with van der Waals surface area (Å²) in [7, 11) is 0. The van der Waals surface area contributed by atoms with Crippen LogP contribution in [-0.2, 0) is 0 Å². The standard InChI is InChI=1S/C19H13N3O3/c23-19(24)17-18(21-22-20-17)25-16-7-3-6-14(11-16)15-9-8-12-4-1-2-5-13(12)10-15/h1-11H,(H,23,24)(H,20,21,22). The predicted octanol–water partition coefficient (Wildman–Crippen LogP) is 4.12. The van der Waals surface area contributed by atoms with Crippen molar-refractivity contribution in [2.24, 2.45) is 0 Å². The van der Waals surface area contributed by atoms with Crippen LogP contribution in [0.25, 0.3) is 21.9 Å². The Morgan fingerprint density at radius 3 is 2.56 bits per heavy atom. The molecule has 6 nitrogen and oxygen atoms in total. The van der Waals surface area contributed by atoms with Gasteiger partial charge in [0.05, 0.1) is 0 Å². The third-order valence-corrected chi connectivity index (χ3v) is 3.86. The van der Waals surface area contributed by atoms with Gasteiger partial charge in [-0.15, -0.1) is 5.10 Å². The van der Waals surface area contributed by atoms with E-state index in [1.165, 1.54) is 5.39 Å². The Hall–Kier alpha value is -3.67. The Kier molecular flexibility index (Phi) is 3.63. The van der Waals surface area contributed by atoms with Crippen LogP contribution < -0.4 is 4.74 Å². The second kappa shape index (κ2) is 6.09. The number of H-pyrrole nitrogens is 1. The third-order valence-electron chi connectivity index (χ3n) is 3.86. The zero-order valence-corrected chi connectivity index (χ0v) is 13.0. The summed E-state index contributed by atoms with van der Waals surface area (Å²) in [5.74, 6) is -0.697. The fourth-order valence-corrected chi connectivity index (χ4v) is 2.66. The van der Waals surface area contributed by atoms with Crippen molar-refractivity contribution in [3.05, 3.63) is 72.4 Å². The van der Waals surface area contributed by atoms with Crippen LogP contribution in [0.4, 0.5) is 0 Å². The summed E-state index contributed by atoms with van der Waals surface area (Å²) in [6, 6.07) is 21.8. The number of hydrogen-bond acceptors (Lipinski definition) is 4. The molecular formula is C19H13N3O3. The summed E-state index contributed by atoms with van der Waals surface area (Å²) in [5.41, 5.74) is 1.76. The Bertz CT molecular complexity index is 1070. The fraction of sp³-hybridized carbons (Fsp3) is 0. The van der Waals surface area contributed by atoms with Crippen molar-refractivity contribution in [2.45, 2.75) is 0 Å². The molecule has 0 spiro atoms. The van der Waals surface area contributed by atoms with E-state index < -0.39 is 5.97 Å². The van der Waals surface area contributed by atoms with E-state index in [4.69, 9.17) is 9.84 Å². The number of rotatable bonds is 4. The van der Waals surface area contributed by atoms with E-state index in [9.17, 15) is 4.79 Å². The van der Waals surface area contributed by atoms with Crippen LogP contribution in [0.2, 0.25) is 0 Å². The Labute approximate surface area is 142 Å². The lowest BCUT2D eigenvalue weighted by Gasteiger charge is -2.07. The molecule has 0 atom stereocenters. The van der Waals surface area contributed by atoms with Gasteiger partial charge >= 0.3 is 5.97 Å². The number of nitrogens with zero attached hydrogens (tertiary/aromatic N) is 2. The zero-order chi connectivity index (χ0) is 17.2. The van der Waals surface area contributed by atoms with Gasteiger partial charge in [-0.1, -0.05) is 53.7 Å². The molecule has 4 aromatic rings. The lowest BCUT2D eigenvalue weighted by Crippen LogP contribution is -1.99. The van der Waals surface area contributed by atoms with Crippen molar-refractivity contribution in [1.82, 2.24) is 15.4 Å². The quantitative estimate of drug-likeness (QED) is 0.587. The van der Waals surface area contributed by atoms with Gasteiger partial charge in [-0.25, -0.2) is 9.89 Å². The molecule has 2 N–H and O–H groups in total. The SMILES string of the molecule is O=C(O)c1nn[nH]c1Oc1cccc(-c2ccc3ccccc3c2)c1. The molecule has 0 aliphatic rings. The summed E-state index contributed by atoms with van der Waals surface area (Å²) in [5, 5.41) is 20.8. The summed E-state index contributed by atoms with van der Waals surface area (Å²) in [6.07, 6.45) is 0. The Balaban J connectivity index is 1.68. The van der Waals surface area contributed by atoms with Crippen LogP contribution >= 0.6 is 0 Å². The van der Waals surface area contributed by atoms with Gasteiger partial charge in [-0.3, -0.25) is 0 Å². The molecule has 0 fully saturated rings. The van der Waals surface area contributed by atoms with Crippen LogP contribution in [0.1, 0.15) is 10.5 Å². The van der Waals surface area contributed by atoms with Crippen LogP contribution in [0, 0.1) is 0 Å². The van der Waals surface area contributed by atoms with E-state index in [2.05, 4.69) is 39.7 Å². The smallest absolute Gasteiger partial charge is 0.362 e. The van der Waals surface area contributed by atoms with Gasteiger partial charge in [0.1, 0.15) is 5.75 Å². The number of carbonyl (C=O) groups is 1. The lowest BCUT2D eigenvalue weighted by molar-refractivity contribution is 0.0687. The number of aromatic nitrogens is 3. The van der Waals surface area contributed by atoms with E-state index in [0.29, 0.717) is 5.75 Å². The van der Waals surface area contributed by atoms with E-state index in [-0.39, 0.29) is 11.6 Å². The average Bonchev–Trinajstić information content (AvgIpc) is 3.10. The minimum absolute atomic E-state index is 0.00293. The van der Waals surface area contributed by atoms with Crippen molar-refractivity contribution in [2.75, 3.05) is 0 Å². The highest BCUT2D eigenvalue weighted by Gasteiger charge is 2.16. The van der Waals surface area contributed by atoms with Crippen molar-refractivity contribution >= 4 is 16.7 Å². The number of ether oxygens (including phenoxy) is 1. The lowest BCUT2D eigenvalue weighted by atomic mass is 10.0. The van der Waals surface area contributed by atoms with Crippen molar-refractivity contribution in [3.63, 3.8) is 0 Å². The maximum atomic E-state index is 11.1. The molecule has 1 heterocycles. The molecule has 0 bridgehead atoms. The van der Waals surface area contributed by atoms with Crippen LogP contribution in [0.15, 0.2) is 66.7 Å². The predicted molar refractivity (Wildman–Crippen MR) is 92.8 cm³/mol. The van der Waals surface area contributed by atoms with E-state index in [0.717, 1.165) is 16.5 Å². The number of fused-ring (bicyclic) bond motifs is 1. The number of benzene rings is 3. The fourth-order valence-electron chi connectivity index (χ4n) is 2.66. The Morgan fingerprint density at radius 1 is 0.920 bits per heavy atom. The highest BCUT2D eigenvalue weighted by Crippen LogP contribution is 2.29. The topological polar surface area (TPSA) is 88.1 Å². The highest BCUT2D eigenvalue weighted by molar-refractivity contribution is 5.88. The molecule has 4 rings (SSSR count). The van der Waals surface area contributed by atoms with Gasteiger partial charge in [-0.2, -0.15) is 0 Å². The van der Waals surface area contributed by atoms with E-state index in [1.807, 2.05) is 36.4 Å². The summed E-state index contributed by atoms with van der Waals surface area (Å²) >= 11 is 0. The first-order valence-corrected chi connectivity index (χ1v) is 7.62. The Morgan fingerprint density at radius 2 is 1.72 bits per heavy atom. The van der Waals surface area contributed by atoms with Gasteiger partial charge < -0.3 is 9.84 Å². The first kappa shape index (κ1) is 14.9. The van der Waals surface area contributed by atoms with Crippen molar-refractivity contribution < 1.29 is 14.6 Å². The van der Waals surface area contributed by atoms with Gasteiger partial charge in [-0.05, 0) is 40.1 Å². The average molecular weight is 331 g/mol. The van der Waals surface area contributed by atoms with Gasteiger partial charge in [0.25, 0.3) is 5.88 Å². The summed E-state index contributed by atoms with van der Waals surface area (Å²) in [6.45, 7) is 0. The van der Waals surface area contributed by atoms with Gasteiger partial charge in [0, 0.05) is 0 Å². The molecule has 122 valence electrons. The molecule has 0 aliphatic heterocycles. The van der Waals surface area contributed by atoms with Crippen LogP contribution in [0.3, 0.4) is 0 Å². The molecule has 0 saturated heterocycles. The maximum absolute atomic E-state index is 11.1. The second-order valence-electron chi connectivity index (χ2n) is 5.49. The molecule has 25 heavy (non-hydrogen) atoms. The number of carboxylic acid groups (broad SMARTS) is 1. The van der Waals surface area contributed by atoms with Crippen molar-refractivity contribution in [3.8, 4) is 22.8 Å². The number of hydrogen-bond donors (Lipinski definition) is 2.